The van der Waals surface area contributed by atoms with Gasteiger partial charge < -0.3 is 5.11 Å². The number of hydrogen-bond donors (Lipinski definition) is 1. The van der Waals surface area contributed by atoms with E-state index in [1.165, 1.54) is 0 Å². The van der Waals surface area contributed by atoms with Crippen molar-refractivity contribution in [3.05, 3.63) is 69.2 Å². The van der Waals surface area contributed by atoms with Gasteiger partial charge in [-0.1, -0.05) is 48.0 Å². The van der Waals surface area contributed by atoms with Gasteiger partial charge >= 0.3 is 5.97 Å². The van der Waals surface area contributed by atoms with E-state index in [0.717, 1.165) is 11.1 Å². The van der Waals surface area contributed by atoms with E-state index in [0.29, 0.717) is 28.1 Å². The van der Waals surface area contributed by atoms with Crippen LogP contribution < -0.4 is 0 Å². The quantitative estimate of drug-likeness (QED) is 0.927. The van der Waals surface area contributed by atoms with Crippen molar-refractivity contribution in [3.8, 4) is 0 Å². The molecule has 0 bridgehead atoms. The second kappa shape index (κ2) is 5.50. The van der Waals surface area contributed by atoms with E-state index < -0.39 is 11.4 Å². The van der Waals surface area contributed by atoms with E-state index in [2.05, 4.69) is 0 Å². The van der Waals surface area contributed by atoms with Gasteiger partial charge in [0.1, 0.15) is 0 Å². The summed E-state index contributed by atoms with van der Waals surface area (Å²) >= 11 is 6.42. The molecular formula is C19H17ClO3. The molecule has 2 aromatic rings. The van der Waals surface area contributed by atoms with E-state index in [-0.39, 0.29) is 12.2 Å². The lowest BCUT2D eigenvalue weighted by molar-refractivity contribution is -0.136. The van der Waals surface area contributed by atoms with Gasteiger partial charge in [0.05, 0.1) is 16.9 Å². The van der Waals surface area contributed by atoms with Gasteiger partial charge in [0, 0.05) is 5.56 Å². The molecule has 1 aliphatic carbocycles. The van der Waals surface area contributed by atoms with Crippen molar-refractivity contribution in [1.82, 2.24) is 0 Å². The first-order chi connectivity index (χ1) is 10.8. The van der Waals surface area contributed by atoms with Crippen LogP contribution in [0.5, 0.6) is 0 Å². The summed E-state index contributed by atoms with van der Waals surface area (Å²) in [7, 11) is 0. The third kappa shape index (κ3) is 2.45. The predicted octanol–water partition coefficient (Wildman–Crippen LogP) is 3.97. The Kier molecular flexibility index (Phi) is 3.77. The van der Waals surface area contributed by atoms with Crippen molar-refractivity contribution in [2.75, 3.05) is 0 Å². The molecule has 2 aromatic carbocycles. The van der Waals surface area contributed by atoms with Crippen LogP contribution in [0.2, 0.25) is 5.02 Å². The molecule has 1 aliphatic rings. The summed E-state index contributed by atoms with van der Waals surface area (Å²) in [6, 6.07) is 11.5. The number of carboxylic acid groups (broad SMARTS) is 1. The number of benzene rings is 2. The van der Waals surface area contributed by atoms with Crippen molar-refractivity contribution in [3.63, 3.8) is 0 Å². The largest absolute Gasteiger partial charge is 0.481 e. The zero-order valence-corrected chi connectivity index (χ0v) is 13.8. The molecule has 3 rings (SSSR count). The first-order valence-corrected chi connectivity index (χ1v) is 7.85. The molecule has 0 aromatic heterocycles. The minimum Gasteiger partial charge on any atom is -0.481 e. The van der Waals surface area contributed by atoms with Gasteiger partial charge in [-0.05, 0) is 42.5 Å². The van der Waals surface area contributed by atoms with E-state index in [1.54, 1.807) is 6.92 Å². The maximum Gasteiger partial charge on any atom is 0.307 e. The van der Waals surface area contributed by atoms with Crippen LogP contribution in [-0.4, -0.2) is 16.9 Å². The fraction of sp³-hybridized carbons (Fsp3) is 0.263. The number of carboxylic acids is 1. The molecule has 4 heteroatoms. The molecule has 1 N–H and O–H groups in total. The smallest absolute Gasteiger partial charge is 0.307 e. The number of hydrogen-bond acceptors (Lipinski definition) is 2. The van der Waals surface area contributed by atoms with Crippen LogP contribution in [-0.2, 0) is 23.1 Å². The topological polar surface area (TPSA) is 54.4 Å². The zero-order chi connectivity index (χ0) is 16.8. The molecule has 0 spiro atoms. The van der Waals surface area contributed by atoms with Gasteiger partial charge in [0.25, 0.3) is 0 Å². The van der Waals surface area contributed by atoms with Gasteiger partial charge in [0.2, 0.25) is 0 Å². The molecule has 1 atom stereocenters. The molecule has 0 saturated carbocycles. The van der Waals surface area contributed by atoms with Crippen LogP contribution in [0.15, 0.2) is 36.4 Å². The Balaban J connectivity index is 2.13. The number of ketones is 1. The zero-order valence-electron chi connectivity index (χ0n) is 13.0. The van der Waals surface area contributed by atoms with Crippen LogP contribution in [0.4, 0.5) is 0 Å². The van der Waals surface area contributed by atoms with Gasteiger partial charge in [-0.15, -0.1) is 0 Å². The number of Topliss-reactive ketones (excluding diaryl/α,β-unsaturated/α-hetero) is 1. The highest BCUT2D eigenvalue weighted by molar-refractivity contribution is 6.36. The van der Waals surface area contributed by atoms with Crippen LogP contribution in [0, 0.1) is 6.92 Å². The second-order valence-electron chi connectivity index (χ2n) is 6.28. The minimum absolute atomic E-state index is 0.00803. The van der Waals surface area contributed by atoms with E-state index in [1.807, 2.05) is 43.3 Å². The van der Waals surface area contributed by atoms with E-state index in [4.69, 9.17) is 16.7 Å². The maximum absolute atomic E-state index is 13.0. The Hall–Kier alpha value is -2.13. The molecule has 0 radical (unpaired) electrons. The summed E-state index contributed by atoms with van der Waals surface area (Å²) < 4.78 is 0. The molecule has 3 nitrogen and oxygen atoms in total. The summed E-state index contributed by atoms with van der Waals surface area (Å²) in [6.07, 6.45) is 0.451. The number of halogens is 1. The number of fused-ring (bicyclic) bond motifs is 1. The van der Waals surface area contributed by atoms with Crippen LogP contribution >= 0.6 is 11.6 Å². The number of aliphatic carboxylic acids is 1. The fourth-order valence-corrected chi connectivity index (χ4v) is 3.70. The lowest BCUT2D eigenvalue weighted by Crippen LogP contribution is -2.29. The Labute approximate surface area is 139 Å². The summed E-state index contributed by atoms with van der Waals surface area (Å²) in [5.74, 6) is -0.895. The molecular weight excluding hydrogens is 312 g/mol. The first-order valence-electron chi connectivity index (χ1n) is 7.47. The first kappa shape index (κ1) is 15.8. The molecule has 23 heavy (non-hydrogen) atoms. The maximum atomic E-state index is 13.0. The van der Waals surface area contributed by atoms with E-state index in [9.17, 15) is 9.59 Å². The standard InChI is InChI=1S/C19H17ClO3/c1-11-12(9-15(21)22)8-13-10-19(2,14-6-4-3-5-7-14)18(23)16(13)17(11)20/h3-8H,9-10H2,1-2H3,(H,21,22). The average molecular weight is 329 g/mol. The summed E-state index contributed by atoms with van der Waals surface area (Å²) in [5, 5.41) is 9.45. The highest BCUT2D eigenvalue weighted by Gasteiger charge is 2.44. The van der Waals surface area contributed by atoms with Crippen molar-refractivity contribution in [1.29, 1.82) is 0 Å². The van der Waals surface area contributed by atoms with Crippen molar-refractivity contribution in [2.24, 2.45) is 0 Å². The predicted molar refractivity (Wildman–Crippen MR) is 89.4 cm³/mol. The van der Waals surface area contributed by atoms with E-state index >= 15 is 0 Å². The Morgan fingerprint density at radius 2 is 1.96 bits per heavy atom. The SMILES string of the molecule is Cc1c(CC(=O)O)cc2c(c1Cl)C(=O)C(C)(c1ccccc1)C2. The van der Waals surface area contributed by atoms with Crippen LogP contribution in [0.3, 0.4) is 0 Å². The van der Waals surface area contributed by atoms with Gasteiger partial charge in [0.15, 0.2) is 5.78 Å². The highest BCUT2D eigenvalue weighted by Crippen LogP contribution is 2.43. The third-order valence-corrected chi connectivity index (χ3v) is 5.20. The highest BCUT2D eigenvalue weighted by atomic mass is 35.5. The monoisotopic (exact) mass is 328 g/mol. The average Bonchev–Trinajstić information content (AvgIpc) is 2.77. The van der Waals surface area contributed by atoms with Crippen LogP contribution in [0.25, 0.3) is 0 Å². The molecule has 0 amide bonds. The van der Waals surface area contributed by atoms with Gasteiger partial charge in [-0.2, -0.15) is 0 Å². The number of carbonyl (C=O) groups is 2. The lowest BCUT2D eigenvalue weighted by Gasteiger charge is -2.22. The minimum atomic E-state index is -0.903. The fourth-order valence-electron chi connectivity index (χ4n) is 3.37. The van der Waals surface area contributed by atoms with Crippen molar-refractivity contribution in [2.45, 2.75) is 32.1 Å². The summed E-state index contributed by atoms with van der Waals surface area (Å²) in [4.78, 5) is 24.1. The number of carbonyl (C=O) groups excluding carboxylic acids is 1. The normalized spacial score (nSPS) is 19.7. The molecule has 118 valence electrons. The molecule has 0 heterocycles. The Bertz CT molecular complexity index is 811. The van der Waals surface area contributed by atoms with Crippen molar-refractivity contribution >= 4 is 23.4 Å². The van der Waals surface area contributed by atoms with Crippen molar-refractivity contribution < 1.29 is 14.7 Å². The third-order valence-electron chi connectivity index (χ3n) is 4.72. The summed E-state index contributed by atoms with van der Waals surface area (Å²) in [5.41, 5.74) is 3.04. The Morgan fingerprint density at radius 1 is 1.30 bits per heavy atom. The molecule has 1 unspecified atom stereocenters. The second-order valence-corrected chi connectivity index (χ2v) is 6.66. The van der Waals surface area contributed by atoms with Gasteiger partial charge in [-0.3, -0.25) is 9.59 Å². The van der Waals surface area contributed by atoms with Gasteiger partial charge in [-0.25, -0.2) is 0 Å². The summed E-state index contributed by atoms with van der Waals surface area (Å²) in [6.45, 7) is 3.69. The number of rotatable bonds is 3. The Morgan fingerprint density at radius 3 is 2.57 bits per heavy atom. The van der Waals surface area contributed by atoms with Crippen LogP contribution in [0.1, 0.15) is 39.5 Å². The molecule has 0 saturated heterocycles. The molecule has 0 aliphatic heterocycles. The molecule has 0 fully saturated rings. The lowest BCUT2D eigenvalue weighted by atomic mass is 9.79.